The molecule has 5 nitrogen and oxygen atoms in total. The number of aromatic nitrogens is 1. The lowest BCUT2D eigenvalue weighted by molar-refractivity contribution is 0.597. The Kier molecular flexibility index (Phi) is 3.62. The molecule has 3 aromatic rings. The van der Waals surface area contributed by atoms with Crippen LogP contribution in [0.4, 0.5) is 5.69 Å². The second kappa shape index (κ2) is 5.44. The lowest BCUT2D eigenvalue weighted by Gasteiger charge is -2.08. The van der Waals surface area contributed by atoms with Gasteiger partial charge in [-0.25, -0.2) is 4.98 Å². The molecule has 0 radical (unpaired) electrons. The Balaban J connectivity index is 1.90. The molecule has 0 unspecified atom stereocenters. The number of benzene rings is 1. The van der Waals surface area contributed by atoms with E-state index in [1.54, 1.807) is 29.5 Å². The summed E-state index contributed by atoms with van der Waals surface area (Å²) in [6.07, 6.45) is 1.47. The van der Waals surface area contributed by atoms with Gasteiger partial charge in [-0.05, 0) is 46.7 Å². The van der Waals surface area contributed by atoms with Gasteiger partial charge in [-0.1, -0.05) is 6.07 Å². The van der Waals surface area contributed by atoms with Crippen LogP contribution >= 0.6 is 11.3 Å². The maximum atomic E-state index is 12.3. The molecule has 0 atom stereocenters. The number of hydrogen-bond acceptors (Lipinski definition) is 5. The van der Waals surface area contributed by atoms with E-state index in [1.165, 1.54) is 12.3 Å². The minimum Gasteiger partial charge on any atom is -0.326 e. The molecule has 3 N–H and O–H groups in total. The Morgan fingerprint density at radius 1 is 1.19 bits per heavy atom. The molecule has 0 saturated heterocycles. The van der Waals surface area contributed by atoms with E-state index < -0.39 is 10.0 Å². The standard InChI is InChI=1S/C14H13N3O2S2/c15-8-10-1-4-14(16-9-10)21(18,19)17-12-2-3-13-11(7-12)5-6-20-13/h1-7,9,17H,8,15H2. The largest absolute Gasteiger partial charge is 0.326 e. The lowest BCUT2D eigenvalue weighted by Crippen LogP contribution is -2.14. The molecular formula is C14H13N3O2S2. The van der Waals surface area contributed by atoms with Gasteiger partial charge in [0.25, 0.3) is 10.0 Å². The van der Waals surface area contributed by atoms with Gasteiger partial charge in [0.1, 0.15) is 0 Å². The van der Waals surface area contributed by atoms with Crippen LogP contribution in [-0.4, -0.2) is 13.4 Å². The van der Waals surface area contributed by atoms with Crippen molar-refractivity contribution in [2.24, 2.45) is 5.73 Å². The minimum atomic E-state index is -3.69. The highest BCUT2D eigenvalue weighted by molar-refractivity contribution is 7.92. The number of thiophene rings is 1. The smallest absolute Gasteiger partial charge is 0.279 e. The van der Waals surface area contributed by atoms with Crippen LogP contribution in [-0.2, 0) is 16.6 Å². The van der Waals surface area contributed by atoms with E-state index in [4.69, 9.17) is 5.73 Å². The fourth-order valence-electron chi connectivity index (χ4n) is 1.93. The van der Waals surface area contributed by atoms with E-state index in [1.807, 2.05) is 17.5 Å². The summed E-state index contributed by atoms with van der Waals surface area (Å²) in [6.45, 7) is 0.329. The van der Waals surface area contributed by atoms with Gasteiger partial charge < -0.3 is 5.73 Å². The summed E-state index contributed by atoms with van der Waals surface area (Å²) in [5.41, 5.74) is 6.78. The first-order valence-corrected chi connectivity index (χ1v) is 8.60. The van der Waals surface area contributed by atoms with Crippen LogP contribution in [0.1, 0.15) is 5.56 Å². The first kappa shape index (κ1) is 14.0. The van der Waals surface area contributed by atoms with E-state index in [2.05, 4.69) is 9.71 Å². The Morgan fingerprint density at radius 2 is 2.05 bits per heavy atom. The van der Waals surface area contributed by atoms with Gasteiger partial charge in [-0.15, -0.1) is 11.3 Å². The highest BCUT2D eigenvalue weighted by atomic mass is 32.2. The monoisotopic (exact) mass is 319 g/mol. The number of hydrogen-bond donors (Lipinski definition) is 2. The van der Waals surface area contributed by atoms with Crippen LogP contribution in [0.25, 0.3) is 10.1 Å². The van der Waals surface area contributed by atoms with Gasteiger partial charge in [0.2, 0.25) is 0 Å². The molecule has 0 aliphatic carbocycles. The summed E-state index contributed by atoms with van der Waals surface area (Å²) in [5.74, 6) is 0. The van der Waals surface area contributed by atoms with E-state index in [9.17, 15) is 8.42 Å². The van der Waals surface area contributed by atoms with Crippen molar-refractivity contribution < 1.29 is 8.42 Å². The molecule has 21 heavy (non-hydrogen) atoms. The van der Waals surface area contributed by atoms with E-state index in [0.29, 0.717) is 12.2 Å². The number of rotatable bonds is 4. The first-order chi connectivity index (χ1) is 10.1. The van der Waals surface area contributed by atoms with Crippen LogP contribution < -0.4 is 10.5 Å². The van der Waals surface area contributed by atoms with E-state index in [-0.39, 0.29) is 5.03 Å². The van der Waals surface area contributed by atoms with Crippen molar-refractivity contribution in [2.45, 2.75) is 11.6 Å². The van der Waals surface area contributed by atoms with Crippen LogP contribution in [0.2, 0.25) is 0 Å². The van der Waals surface area contributed by atoms with Crippen molar-refractivity contribution in [3.63, 3.8) is 0 Å². The third kappa shape index (κ3) is 2.90. The van der Waals surface area contributed by atoms with Crippen molar-refractivity contribution in [2.75, 3.05) is 4.72 Å². The van der Waals surface area contributed by atoms with Crippen LogP contribution in [0.15, 0.2) is 53.0 Å². The number of sulfonamides is 1. The molecule has 3 rings (SSSR count). The van der Waals surface area contributed by atoms with Gasteiger partial charge in [0.05, 0.1) is 0 Å². The molecule has 0 saturated carbocycles. The third-order valence-corrected chi connectivity index (χ3v) is 5.21. The summed E-state index contributed by atoms with van der Waals surface area (Å²) in [5, 5.41) is 2.95. The Hall–Kier alpha value is -1.96. The maximum Gasteiger partial charge on any atom is 0.279 e. The minimum absolute atomic E-state index is 0.0230. The van der Waals surface area contributed by atoms with E-state index in [0.717, 1.165) is 15.6 Å². The summed E-state index contributed by atoms with van der Waals surface area (Å²) in [6, 6.07) is 10.5. The summed E-state index contributed by atoms with van der Waals surface area (Å²) in [4.78, 5) is 3.94. The molecule has 0 aliphatic rings. The predicted molar refractivity (Wildman–Crippen MR) is 84.8 cm³/mol. The van der Waals surface area contributed by atoms with Crippen molar-refractivity contribution in [3.8, 4) is 0 Å². The Bertz CT molecular complexity index is 871. The van der Waals surface area contributed by atoms with Gasteiger partial charge in [0.15, 0.2) is 5.03 Å². The first-order valence-electron chi connectivity index (χ1n) is 6.23. The molecule has 108 valence electrons. The number of nitrogens with zero attached hydrogens (tertiary/aromatic N) is 1. The number of nitrogens with one attached hydrogen (secondary N) is 1. The average Bonchev–Trinajstić information content (AvgIpc) is 2.94. The fourth-order valence-corrected chi connectivity index (χ4v) is 3.68. The molecule has 0 aliphatic heterocycles. The van der Waals surface area contributed by atoms with Gasteiger partial charge in [-0.2, -0.15) is 8.42 Å². The zero-order valence-corrected chi connectivity index (χ0v) is 12.6. The zero-order chi connectivity index (χ0) is 14.9. The van der Waals surface area contributed by atoms with Crippen molar-refractivity contribution in [1.82, 2.24) is 4.98 Å². The summed E-state index contributed by atoms with van der Waals surface area (Å²) in [7, 11) is -3.69. The highest BCUT2D eigenvalue weighted by Gasteiger charge is 2.15. The number of nitrogens with two attached hydrogens (primary N) is 1. The van der Waals surface area contributed by atoms with Crippen LogP contribution in [0, 0.1) is 0 Å². The third-order valence-electron chi connectivity index (χ3n) is 3.01. The molecule has 0 amide bonds. The molecule has 0 bridgehead atoms. The van der Waals surface area contributed by atoms with Crippen molar-refractivity contribution in [3.05, 3.63) is 53.5 Å². The lowest BCUT2D eigenvalue weighted by atomic mass is 10.2. The molecule has 0 fully saturated rings. The molecule has 2 aromatic heterocycles. The van der Waals surface area contributed by atoms with Gasteiger partial charge in [0, 0.05) is 23.1 Å². The average molecular weight is 319 g/mol. The molecular weight excluding hydrogens is 306 g/mol. The summed E-state index contributed by atoms with van der Waals surface area (Å²) >= 11 is 1.61. The van der Waals surface area contributed by atoms with Gasteiger partial charge in [-0.3, -0.25) is 4.72 Å². The second-order valence-electron chi connectivity index (χ2n) is 4.49. The molecule has 1 aromatic carbocycles. The Labute approximate surface area is 126 Å². The topological polar surface area (TPSA) is 85.1 Å². The van der Waals surface area contributed by atoms with Crippen molar-refractivity contribution >= 4 is 37.1 Å². The quantitative estimate of drug-likeness (QED) is 0.774. The molecule has 7 heteroatoms. The van der Waals surface area contributed by atoms with E-state index >= 15 is 0 Å². The molecule has 0 spiro atoms. The number of fused-ring (bicyclic) bond motifs is 1. The number of anilines is 1. The summed E-state index contributed by atoms with van der Waals surface area (Å²) < 4.78 is 28.2. The maximum absolute atomic E-state index is 12.3. The van der Waals surface area contributed by atoms with Crippen LogP contribution in [0.5, 0.6) is 0 Å². The molecule has 2 heterocycles. The Morgan fingerprint density at radius 3 is 2.76 bits per heavy atom. The normalized spacial score (nSPS) is 11.7. The van der Waals surface area contributed by atoms with Gasteiger partial charge >= 0.3 is 0 Å². The second-order valence-corrected chi connectivity index (χ2v) is 7.06. The SMILES string of the molecule is NCc1ccc(S(=O)(=O)Nc2ccc3sccc3c2)nc1. The predicted octanol–water partition coefficient (Wildman–Crippen LogP) is 2.56. The van der Waals surface area contributed by atoms with Crippen LogP contribution in [0.3, 0.4) is 0 Å². The van der Waals surface area contributed by atoms with Crippen molar-refractivity contribution in [1.29, 1.82) is 0 Å². The fraction of sp³-hybridized carbons (Fsp3) is 0.0714. The number of pyridine rings is 1. The zero-order valence-electron chi connectivity index (χ0n) is 11.0. The highest BCUT2D eigenvalue weighted by Crippen LogP contribution is 2.25.